The summed E-state index contributed by atoms with van der Waals surface area (Å²) in [4.78, 5) is 41.4. The summed E-state index contributed by atoms with van der Waals surface area (Å²) >= 11 is 0. The molecule has 0 saturated carbocycles. The van der Waals surface area contributed by atoms with Crippen molar-refractivity contribution >= 4 is 28.8 Å². The second-order valence-corrected chi connectivity index (χ2v) is 12.2. The van der Waals surface area contributed by atoms with Gasteiger partial charge in [-0.25, -0.2) is 24.1 Å². The van der Waals surface area contributed by atoms with Gasteiger partial charge < -0.3 is 20.1 Å². The smallest absolute Gasteiger partial charge is 0.410 e. The van der Waals surface area contributed by atoms with E-state index in [2.05, 4.69) is 15.3 Å². The fraction of sp³-hybridized carbons (Fsp3) is 0.433. The van der Waals surface area contributed by atoms with Crippen molar-refractivity contribution in [1.82, 2.24) is 29.2 Å². The average Bonchev–Trinajstić information content (AvgIpc) is 3.18. The molecule has 2 N–H and O–H groups in total. The van der Waals surface area contributed by atoms with Gasteiger partial charge in [0.1, 0.15) is 16.6 Å². The quantitative estimate of drug-likeness (QED) is 0.356. The van der Waals surface area contributed by atoms with E-state index in [1.54, 1.807) is 46.3 Å². The van der Waals surface area contributed by atoms with Gasteiger partial charge in [0, 0.05) is 31.0 Å². The molecule has 41 heavy (non-hydrogen) atoms. The van der Waals surface area contributed by atoms with E-state index in [1.807, 2.05) is 52.8 Å². The third-order valence-electron chi connectivity index (χ3n) is 6.82. The number of ether oxygens (including phenoxy) is 1. The van der Waals surface area contributed by atoms with Gasteiger partial charge in [-0.15, -0.1) is 0 Å². The minimum absolute atomic E-state index is 0.179. The molecule has 0 radical (unpaired) electrons. The van der Waals surface area contributed by atoms with Crippen molar-refractivity contribution in [1.29, 1.82) is 0 Å². The molecule has 11 heteroatoms. The number of nitrogens with one attached hydrogen (secondary N) is 1. The van der Waals surface area contributed by atoms with Gasteiger partial charge in [-0.3, -0.25) is 4.79 Å². The Kier molecular flexibility index (Phi) is 7.10. The molecule has 1 aromatic carbocycles. The van der Waals surface area contributed by atoms with Crippen LogP contribution >= 0.6 is 0 Å². The molecule has 4 heterocycles. The molecule has 216 valence electrons. The van der Waals surface area contributed by atoms with Crippen LogP contribution in [0.25, 0.3) is 16.9 Å². The van der Waals surface area contributed by atoms with Crippen LogP contribution in [-0.2, 0) is 23.3 Å². The number of anilines is 2. The highest BCUT2D eigenvalue weighted by Gasteiger charge is 2.26. The third-order valence-corrected chi connectivity index (χ3v) is 6.82. The fourth-order valence-corrected chi connectivity index (χ4v) is 4.87. The van der Waals surface area contributed by atoms with Gasteiger partial charge in [-0.05, 0) is 90.3 Å². The zero-order chi connectivity index (χ0) is 29.7. The predicted octanol–water partition coefficient (Wildman–Crippen LogP) is 4.82. The number of aliphatic hydroxyl groups is 1. The van der Waals surface area contributed by atoms with Gasteiger partial charge in [0.25, 0.3) is 5.56 Å². The Morgan fingerprint density at radius 3 is 2.51 bits per heavy atom. The summed E-state index contributed by atoms with van der Waals surface area (Å²) < 4.78 is 8.81. The molecule has 0 atom stereocenters. The Labute approximate surface area is 238 Å². The molecule has 0 fully saturated rings. The average molecular weight is 560 g/mol. The molecule has 11 nitrogen and oxygen atoms in total. The van der Waals surface area contributed by atoms with Crippen molar-refractivity contribution in [3.8, 4) is 5.82 Å². The number of fused-ring (bicyclic) bond motifs is 2. The monoisotopic (exact) mass is 559 g/mol. The van der Waals surface area contributed by atoms with E-state index in [0.29, 0.717) is 48.0 Å². The van der Waals surface area contributed by atoms with E-state index in [0.717, 1.165) is 16.8 Å². The Morgan fingerprint density at radius 2 is 1.83 bits per heavy atom. The van der Waals surface area contributed by atoms with Gasteiger partial charge in [0.05, 0.1) is 5.69 Å². The van der Waals surface area contributed by atoms with E-state index in [4.69, 9.17) is 9.72 Å². The molecule has 4 aromatic rings. The highest BCUT2D eigenvalue weighted by Crippen LogP contribution is 2.27. The fourth-order valence-electron chi connectivity index (χ4n) is 4.87. The normalized spacial score (nSPS) is 13.9. The first kappa shape index (κ1) is 28.3. The van der Waals surface area contributed by atoms with Gasteiger partial charge in [-0.2, -0.15) is 4.98 Å². The lowest BCUT2D eigenvalue weighted by molar-refractivity contribution is 0.0224. The van der Waals surface area contributed by atoms with Gasteiger partial charge in [0.15, 0.2) is 11.5 Å². The summed E-state index contributed by atoms with van der Waals surface area (Å²) in [7, 11) is 0. The van der Waals surface area contributed by atoms with Crippen molar-refractivity contribution in [2.75, 3.05) is 11.9 Å². The SMILES string of the molecule is CC(C)n1c(=O)c2cnc(Nc3ccc4c(c3)CCN(C(=O)OC(C)(C)C)C4)nc2n1-c1cccc(C(C)(C)O)n1. The maximum absolute atomic E-state index is 13.4. The van der Waals surface area contributed by atoms with E-state index in [9.17, 15) is 14.7 Å². The van der Waals surface area contributed by atoms with Gasteiger partial charge in [-0.1, -0.05) is 12.1 Å². The van der Waals surface area contributed by atoms with Crippen LogP contribution in [0.15, 0.2) is 47.4 Å². The molecule has 5 rings (SSSR count). The van der Waals surface area contributed by atoms with Crippen LogP contribution in [0.2, 0.25) is 0 Å². The number of hydrogen-bond acceptors (Lipinski definition) is 8. The van der Waals surface area contributed by atoms with Crippen LogP contribution in [-0.4, -0.2) is 52.6 Å². The lowest BCUT2D eigenvalue weighted by atomic mass is 9.99. The largest absolute Gasteiger partial charge is 0.444 e. The predicted molar refractivity (Wildman–Crippen MR) is 157 cm³/mol. The standard InChI is InChI=1S/C30H37N7O4/c1-18(2)36-26(38)22-16-31-27(34-25(22)37(36)24-10-8-9-23(33-24)30(6,7)40)32-21-12-11-20-17-35(14-13-19(20)15-21)28(39)41-29(3,4)5/h8-12,15-16,18,40H,13-14,17H2,1-7H3,(H,31,32,34). The summed E-state index contributed by atoms with van der Waals surface area (Å²) in [6, 6.07) is 11.1. The summed E-state index contributed by atoms with van der Waals surface area (Å²) in [5.74, 6) is 0.801. The molecule has 1 aliphatic rings. The summed E-state index contributed by atoms with van der Waals surface area (Å²) in [5.41, 5.74) is 1.96. The topological polar surface area (TPSA) is 127 Å². The molecular weight excluding hydrogens is 522 g/mol. The highest BCUT2D eigenvalue weighted by atomic mass is 16.6. The highest BCUT2D eigenvalue weighted by molar-refractivity contribution is 5.77. The number of pyridine rings is 1. The Balaban J connectivity index is 1.47. The third kappa shape index (κ3) is 5.81. The number of amides is 1. The van der Waals surface area contributed by atoms with Crippen LogP contribution in [0, 0.1) is 0 Å². The Bertz CT molecular complexity index is 1680. The number of rotatable bonds is 5. The van der Waals surface area contributed by atoms with Crippen LogP contribution in [0.1, 0.15) is 71.3 Å². The minimum atomic E-state index is -1.15. The molecule has 3 aromatic heterocycles. The van der Waals surface area contributed by atoms with Gasteiger partial charge >= 0.3 is 6.09 Å². The first-order chi connectivity index (χ1) is 19.2. The first-order valence-corrected chi connectivity index (χ1v) is 13.8. The number of carbonyl (C=O) groups is 1. The summed E-state index contributed by atoms with van der Waals surface area (Å²) in [6.07, 6.45) is 1.91. The molecule has 1 amide bonds. The lowest BCUT2D eigenvalue weighted by Crippen LogP contribution is -2.39. The molecule has 0 saturated heterocycles. The molecule has 0 aliphatic carbocycles. The maximum atomic E-state index is 13.4. The summed E-state index contributed by atoms with van der Waals surface area (Å²) in [5, 5.41) is 14.2. The molecule has 0 bridgehead atoms. The number of aromatic nitrogens is 5. The van der Waals surface area contributed by atoms with Crippen LogP contribution in [0.5, 0.6) is 0 Å². The van der Waals surface area contributed by atoms with Crippen molar-refractivity contribution < 1.29 is 14.6 Å². The molecule has 0 unspecified atom stereocenters. The van der Waals surface area contributed by atoms with E-state index in [-0.39, 0.29) is 17.7 Å². The van der Waals surface area contributed by atoms with Crippen molar-refractivity contribution in [3.05, 3.63) is 69.8 Å². The Morgan fingerprint density at radius 1 is 1.07 bits per heavy atom. The second kappa shape index (κ2) is 10.3. The van der Waals surface area contributed by atoms with Crippen LogP contribution < -0.4 is 10.9 Å². The number of nitrogens with zero attached hydrogens (tertiary/aromatic N) is 6. The number of hydrogen-bond donors (Lipinski definition) is 2. The second-order valence-electron chi connectivity index (χ2n) is 12.2. The van der Waals surface area contributed by atoms with E-state index < -0.39 is 11.2 Å². The van der Waals surface area contributed by atoms with E-state index in [1.165, 1.54) is 6.20 Å². The van der Waals surface area contributed by atoms with Crippen LogP contribution in [0.4, 0.5) is 16.4 Å². The van der Waals surface area contributed by atoms with Crippen molar-refractivity contribution in [3.63, 3.8) is 0 Å². The molecule has 1 aliphatic heterocycles. The van der Waals surface area contributed by atoms with Crippen molar-refractivity contribution in [2.45, 2.75) is 78.7 Å². The molecular formula is C30H37N7O4. The van der Waals surface area contributed by atoms with Crippen molar-refractivity contribution in [2.24, 2.45) is 0 Å². The number of benzene rings is 1. The summed E-state index contributed by atoms with van der Waals surface area (Å²) in [6.45, 7) is 13.8. The maximum Gasteiger partial charge on any atom is 0.410 e. The van der Waals surface area contributed by atoms with Gasteiger partial charge in [0.2, 0.25) is 5.95 Å². The Hall–Kier alpha value is -4.25. The van der Waals surface area contributed by atoms with Crippen LogP contribution in [0.3, 0.4) is 0 Å². The zero-order valence-corrected chi connectivity index (χ0v) is 24.6. The first-order valence-electron chi connectivity index (χ1n) is 13.8. The zero-order valence-electron chi connectivity index (χ0n) is 24.6. The lowest BCUT2D eigenvalue weighted by Gasteiger charge is -2.31. The minimum Gasteiger partial charge on any atom is -0.444 e. The number of carbonyl (C=O) groups excluding carboxylic acids is 1. The molecule has 0 spiro atoms. The van der Waals surface area contributed by atoms with E-state index >= 15 is 0 Å².